The van der Waals surface area contributed by atoms with Crippen LogP contribution in [0.1, 0.15) is 29.6 Å². The molecule has 10 heteroatoms. The van der Waals surface area contributed by atoms with Crippen molar-refractivity contribution < 1.29 is 36.6 Å². The van der Waals surface area contributed by atoms with Gasteiger partial charge in [0, 0.05) is 24.3 Å². The van der Waals surface area contributed by atoms with Gasteiger partial charge in [-0.25, -0.2) is 4.39 Å². The second kappa shape index (κ2) is 8.00. The van der Waals surface area contributed by atoms with E-state index in [1.807, 2.05) is 0 Å². The first-order valence-electron chi connectivity index (χ1n) is 9.12. The van der Waals surface area contributed by atoms with Gasteiger partial charge in [0.05, 0.1) is 25.7 Å². The van der Waals surface area contributed by atoms with Crippen LogP contribution in [0, 0.1) is 0 Å². The third kappa shape index (κ3) is 4.58. The molecule has 2 amide bonds. The van der Waals surface area contributed by atoms with Crippen LogP contribution in [-0.4, -0.2) is 43.4 Å². The summed E-state index contributed by atoms with van der Waals surface area (Å²) < 4.78 is 62.9. The molecule has 0 unspecified atom stereocenters. The summed E-state index contributed by atoms with van der Waals surface area (Å²) in [5.74, 6) is -1.19. The maximum Gasteiger partial charge on any atom is 0.392 e. The number of alkyl halides is 4. The molecule has 0 aromatic heterocycles. The molecular weight excluding hydrogens is 408 g/mol. The molecule has 2 aromatic carbocycles. The normalized spacial score (nSPS) is 21.5. The van der Waals surface area contributed by atoms with Crippen LogP contribution < -0.4 is 20.5 Å². The lowest BCUT2D eigenvalue weighted by Gasteiger charge is -2.18. The third-order valence-corrected chi connectivity index (χ3v) is 4.94. The van der Waals surface area contributed by atoms with Crippen molar-refractivity contribution in [3.8, 4) is 11.5 Å². The molecule has 1 heterocycles. The number of hydrogen-bond donors (Lipinski definition) is 2. The van der Waals surface area contributed by atoms with E-state index >= 15 is 0 Å². The number of benzene rings is 2. The van der Waals surface area contributed by atoms with E-state index in [9.17, 15) is 27.2 Å². The number of carbonyl (C=O) groups excluding carboxylic acids is 2. The zero-order valence-corrected chi connectivity index (χ0v) is 16.0. The van der Waals surface area contributed by atoms with Crippen molar-refractivity contribution in [2.45, 2.75) is 37.1 Å². The average molecular weight is 428 g/mol. The summed E-state index contributed by atoms with van der Waals surface area (Å²) in [6.07, 6.45) is -7.03. The van der Waals surface area contributed by atoms with E-state index in [1.165, 1.54) is 7.11 Å². The molecule has 3 rings (SSSR count). The van der Waals surface area contributed by atoms with Crippen LogP contribution in [0.2, 0.25) is 0 Å². The first-order chi connectivity index (χ1) is 14.0. The van der Waals surface area contributed by atoms with E-state index in [4.69, 9.17) is 15.2 Å². The highest BCUT2D eigenvalue weighted by atomic mass is 19.4. The molecule has 1 aliphatic rings. The fourth-order valence-corrected chi connectivity index (χ4v) is 3.57. The van der Waals surface area contributed by atoms with E-state index in [0.717, 1.165) is 0 Å². The zero-order chi connectivity index (χ0) is 22.1. The molecule has 1 aliphatic heterocycles. The number of carbonyl (C=O) groups is 2. The largest absolute Gasteiger partial charge is 0.496 e. The predicted octanol–water partition coefficient (Wildman–Crippen LogP) is 3.27. The Kier molecular flexibility index (Phi) is 5.78. The molecule has 0 saturated carbocycles. The maximum atomic E-state index is 14.4. The Morgan fingerprint density at radius 3 is 2.67 bits per heavy atom. The standard InChI is InChI=1S/C20H20F4N2O4/c1-29-16-8-13-11(7-14(16)17(25)27)3-2-4-15(13)30-6-5-12-9-19(21,18(28)26-12)10-20(22,23)24/h2-4,7-8,12H,5-6,9-10H2,1H3,(H2,25,27)(H,26,28)/t12-,19+/m1/s1. The average Bonchev–Trinajstić information content (AvgIpc) is 2.92. The van der Waals surface area contributed by atoms with Crippen LogP contribution in [-0.2, 0) is 4.79 Å². The van der Waals surface area contributed by atoms with Gasteiger partial charge in [-0.1, -0.05) is 12.1 Å². The van der Waals surface area contributed by atoms with E-state index < -0.39 is 42.5 Å². The fourth-order valence-electron chi connectivity index (χ4n) is 3.57. The third-order valence-electron chi connectivity index (χ3n) is 4.94. The molecule has 1 fully saturated rings. The molecule has 2 atom stereocenters. The lowest BCUT2D eigenvalue weighted by molar-refractivity contribution is -0.168. The fraction of sp³-hybridized carbons (Fsp3) is 0.400. The molecule has 0 radical (unpaired) electrons. The Bertz CT molecular complexity index is 979. The van der Waals surface area contributed by atoms with E-state index in [0.29, 0.717) is 16.5 Å². The Morgan fingerprint density at radius 2 is 2.03 bits per heavy atom. The Balaban J connectivity index is 1.70. The van der Waals surface area contributed by atoms with Crippen LogP contribution in [0.15, 0.2) is 30.3 Å². The van der Waals surface area contributed by atoms with Gasteiger partial charge in [-0.2, -0.15) is 13.2 Å². The van der Waals surface area contributed by atoms with Crippen molar-refractivity contribution in [1.29, 1.82) is 0 Å². The SMILES string of the molecule is COc1cc2c(OCC[C@@H]3C[C@](F)(CC(F)(F)F)C(=O)N3)cccc2cc1C(N)=O. The van der Waals surface area contributed by atoms with Crippen LogP contribution in [0.25, 0.3) is 10.8 Å². The molecule has 3 N–H and O–H groups in total. The molecule has 6 nitrogen and oxygen atoms in total. The number of nitrogens with one attached hydrogen (secondary N) is 1. The molecule has 162 valence electrons. The zero-order valence-electron chi connectivity index (χ0n) is 16.0. The number of ether oxygens (including phenoxy) is 2. The summed E-state index contributed by atoms with van der Waals surface area (Å²) in [6, 6.07) is 7.51. The lowest BCUT2D eigenvalue weighted by Crippen LogP contribution is -2.38. The Morgan fingerprint density at radius 1 is 1.30 bits per heavy atom. The van der Waals surface area contributed by atoms with Gasteiger partial charge < -0.3 is 20.5 Å². The number of nitrogens with two attached hydrogens (primary N) is 1. The molecule has 0 spiro atoms. The highest BCUT2D eigenvalue weighted by Crippen LogP contribution is 2.38. The number of halogens is 4. The predicted molar refractivity (Wildman–Crippen MR) is 100 cm³/mol. The molecule has 1 saturated heterocycles. The minimum absolute atomic E-state index is 0.0338. The molecule has 30 heavy (non-hydrogen) atoms. The van der Waals surface area contributed by atoms with Crippen molar-refractivity contribution in [2.24, 2.45) is 5.73 Å². The van der Waals surface area contributed by atoms with Gasteiger partial charge in [0.15, 0.2) is 5.67 Å². The molecule has 2 aromatic rings. The summed E-state index contributed by atoms with van der Waals surface area (Å²) in [5.41, 5.74) is 2.61. The van der Waals surface area contributed by atoms with Gasteiger partial charge in [0.1, 0.15) is 11.5 Å². The summed E-state index contributed by atoms with van der Waals surface area (Å²) in [4.78, 5) is 23.2. The second-order valence-corrected chi connectivity index (χ2v) is 7.16. The molecule has 0 aliphatic carbocycles. The number of hydrogen-bond acceptors (Lipinski definition) is 4. The molecular formula is C20H20F4N2O4. The summed E-state index contributed by atoms with van der Waals surface area (Å²) in [6.45, 7) is 0.0338. The van der Waals surface area contributed by atoms with E-state index in [-0.39, 0.29) is 24.3 Å². The number of fused-ring (bicyclic) bond motifs is 1. The van der Waals surface area contributed by atoms with Crippen LogP contribution in [0.5, 0.6) is 11.5 Å². The number of primary amides is 1. The van der Waals surface area contributed by atoms with Crippen molar-refractivity contribution in [3.63, 3.8) is 0 Å². The lowest BCUT2D eigenvalue weighted by atomic mass is 9.96. The number of methoxy groups -OCH3 is 1. The minimum atomic E-state index is -4.77. The van der Waals surface area contributed by atoms with Gasteiger partial charge in [-0.05, 0) is 23.6 Å². The van der Waals surface area contributed by atoms with Gasteiger partial charge in [0.2, 0.25) is 0 Å². The first-order valence-corrected chi connectivity index (χ1v) is 9.12. The number of rotatable bonds is 7. The van der Waals surface area contributed by atoms with Crippen LogP contribution >= 0.6 is 0 Å². The van der Waals surface area contributed by atoms with Gasteiger partial charge in [-0.15, -0.1) is 0 Å². The van der Waals surface area contributed by atoms with E-state index in [1.54, 1.807) is 30.3 Å². The number of amides is 2. The van der Waals surface area contributed by atoms with Gasteiger partial charge >= 0.3 is 6.18 Å². The topological polar surface area (TPSA) is 90.7 Å². The quantitative estimate of drug-likeness (QED) is 0.663. The first kappa shape index (κ1) is 21.7. The van der Waals surface area contributed by atoms with Crippen molar-refractivity contribution in [2.75, 3.05) is 13.7 Å². The van der Waals surface area contributed by atoms with Crippen LogP contribution in [0.4, 0.5) is 17.6 Å². The highest BCUT2D eigenvalue weighted by Gasteiger charge is 2.53. The molecule has 0 bridgehead atoms. The van der Waals surface area contributed by atoms with Crippen LogP contribution in [0.3, 0.4) is 0 Å². The Hall–Kier alpha value is -3.04. The van der Waals surface area contributed by atoms with Crippen molar-refractivity contribution >= 4 is 22.6 Å². The smallest absolute Gasteiger partial charge is 0.392 e. The summed E-state index contributed by atoms with van der Waals surface area (Å²) in [5, 5.41) is 3.57. The summed E-state index contributed by atoms with van der Waals surface area (Å²) >= 11 is 0. The monoisotopic (exact) mass is 428 g/mol. The highest BCUT2D eigenvalue weighted by molar-refractivity contribution is 6.02. The van der Waals surface area contributed by atoms with Gasteiger partial charge in [0.25, 0.3) is 11.8 Å². The second-order valence-electron chi connectivity index (χ2n) is 7.16. The van der Waals surface area contributed by atoms with Crippen molar-refractivity contribution in [3.05, 3.63) is 35.9 Å². The Labute approximate surface area is 169 Å². The summed E-state index contributed by atoms with van der Waals surface area (Å²) in [7, 11) is 1.39. The van der Waals surface area contributed by atoms with Crippen molar-refractivity contribution in [1.82, 2.24) is 5.32 Å². The minimum Gasteiger partial charge on any atom is -0.496 e. The maximum absolute atomic E-state index is 14.4. The van der Waals surface area contributed by atoms with Gasteiger partial charge in [-0.3, -0.25) is 9.59 Å². The van der Waals surface area contributed by atoms with E-state index in [2.05, 4.69) is 5.32 Å².